The van der Waals surface area contributed by atoms with Crippen molar-refractivity contribution in [1.29, 1.82) is 0 Å². The Morgan fingerprint density at radius 3 is 3.00 bits per heavy atom. The third-order valence-electron chi connectivity index (χ3n) is 4.67. The third kappa shape index (κ3) is 1.96. The van der Waals surface area contributed by atoms with Crippen LogP contribution in [0.25, 0.3) is 0 Å². The van der Waals surface area contributed by atoms with Crippen LogP contribution < -0.4 is 5.32 Å². The van der Waals surface area contributed by atoms with Crippen LogP contribution in [0.3, 0.4) is 0 Å². The molecule has 1 N–H and O–H groups in total. The van der Waals surface area contributed by atoms with Crippen LogP contribution in [0.5, 0.6) is 0 Å². The van der Waals surface area contributed by atoms with Crippen molar-refractivity contribution in [3.05, 3.63) is 17.5 Å². The molecule has 0 bridgehead atoms. The number of likely N-dealkylation sites (tertiary alicyclic amines) is 1. The van der Waals surface area contributed by atoms with Gasteiger partial charge in [-0.2, -0.15) is 5.10 Å². The molecule has 0 aliphatic carbocycles. The predicted octanol–water partition coefficient (Wildman–Crippen LogP) is 0.662. The van der Waals surface area contributed by atoms with Crippen LogP contribution in [0.1, 0.15) is 29.9 Å². The van der Waals surface area contributed by atoms with Crippen molar-refractivity contribution < 1.29 is 4.79 Å². The number of carbonyl (C=O) groups excluding carboxylic acids is 1. The fraction of sp³-hybridized carbons (Fsp3) is 0.714. The van der Waals surface area contributed by atoms with Crippen LogP contribution in [0.4, 0.5) is 0 Å². The van der Waals surface area contributed by atoms with Crippen LogP contribution >= 0.6 is 0 Å². The Kier molecular flexibility index (Phi) is 3.09. The first-order chi connectivity index (χ1) is 9.11. The lowest BCUT2D eigenvalue weighted by molar-refractivity contribution is 0.0727. The minimum absolute atomic E-state index is 0.159. The van der Waals surface area contributed by atoms with Crippen LogP contribution in [0.2, 0.25) is 0 Å². The smallest absolute Gasteiger partial charge is 0.257 e. The number of aromatic nitrogens is 2. The molecule has 0 radical (unpaired) electrons. The van der Waals surface area contributed by atoms with E-state index in [4.69, 9.17) is 0 Å². The normalized spacial score (nSPS) is 29.8. The molecule has 0 spiro atoms. The Morgan fingerprint density at radius 1 is 1.53 bits per heavy atom. The molecule has 104 valence electrons. The van der Waals surface area contributed by atoms with E-state index in [1.54, 1.807) is 4.68 Å². The summed E-state index contributed by atoms with van der Waals surface area (Å²) in [5, 5.41) is 7.80. The Morgan fingerprint density at radius 2 is 2.32 bits per heavy atom. The highest BCUT2D eigenvalue weighted by molar-refractivity contribution is 5.95. The van der Waals surface area contributed by atoms with Gasteiger partial charge in [0.15, 0.2) is 0 Å². The second kappa shape index (κ2) is 4.63. The van der Waals surface area contributed by atoms with E-state index in [9.17, 15) is 4.79 Å². The Bertz CT molecular complexity index is 496. The Hall–Kier alpha value is -1.36. The van der Waals surface area contributed by atoms with Crippen LogP contribution in [0.15, 0.2) is 6.20 Å². The van der Waals surface area contributed by atoms with E-state index in [0.717, 1.165) is 37.3 Å². The van der Waals surface area contributed by atoms with Crippen LogP contribution in [0, 0.1) is 11.8 Å². The lowest BCUT2D eigenvalue weighted by Crippen LogP contribution is -2.38. The second-order valence-corrected chi connectivity index (χ2v) is 5.80. The topological polar surface area (TPSA) is 50.2 Å². The average Bonchev–Trinajstić information content (AvgIpc) is 3.05. The molecule has 3 rings (SSSR count). The highest BCUT2D eigenvalue weighted by Gasteiger charge is 2.44. The molecule has 2 aliphatic rings. The molecule has 0 aromatic carbocycles. The summed E-state index contributed by atoms with van der Waals surface area (Å²) in [6.45, 7) is 7.20. The maximum Gasteiger partial charge on any atom is 0.257 e. The van der Waals surface area contributed by atoms with Crippen LogP contribution in [-0.2, 0) is 13.5 Å². The minimum atomic E-state index is 0.159. The van der Waals surface area contributed by atoms with E-state index in [0.29, 0.717) is 17.9 Å². The maximum absolute atomic E-state index is 12.7. The minimum Gasteiger partial charge on any atom is -0.335 e. The third-order valence-corrected chi connectivity index (χ3v) is 4.67. The van der Waals surface area contributed by atoms with Gasteiger partial charge in [-0.15, -0.1) is 0 Å². The van der Waals surface area contributed by atoms with Gasteiger partial charge in [0.2, 0.25) is 0 Å². The second-order valence-electron chi connectivity index (χ2n) is 5.80. The molecule has 5 heteroatoms. The van der Waals surface area contributed by atoms with Gasteiger partial charge in [-0.25, -0.2) is 0 Å². The van der Waals surface area contributed by atoms with E-state index in [1.807, 2.05) is 25.1 Å². The number of nitrogens with zero attached hydrogens (tertiary/aromatic N) is 3. The fourth-order valence-electron chi connectivity index (χ4n) is 3.56. The van der Waals surface area contributed by atoms with Crippen molar-refractivity contribution in [3.63, 3.8) is 0 Å². The number of carbonyl (C=O) groups is 1. The predicted molar refractivity (Wildman–Crippen MR) is 72.9 cm³/mol. The first-order valence-electron chi connectivity index (χ1n) is 7.16. The number of fused-ring (bicyclic) bond motifs is 1. The fourth-order valence-corrected chi connectivity index (χ4v) is 3.56. The first kappa shape index (κ1) is 12.7. The van der Waals surface area contributed by atoms with Gasteiger partial charge in [-0.3, -0.25) is 9.48 Å². The summed E-state index contributed by atoms with van der Waals surface area (Å²) in [4.78, 5) is 14.8. The standard InChI is InChI=1S/C14H22N4O/c1-4-13-12(8-17(3)16-13)14(19)18-7-10-5-15-6-11(10)9(18)2/h8-11,15H,4-7H2,1-3H3. The molecule has 3 heterocycles. The summed E-state index contributed by atoms with van der Waals surface area (Å²) >= 11 is 0. The lowest BCUT2D eigenvalue weighted by atomic mass is 9.95. The van der Waals surface area contributed by atoms with Crippen molar-refractivity contribution in [1.82, 2.24) is 20.0 Å². The van der Waals surface area contributed by atoms with E-state index < -0.39 is 0 Å². The van der Waals surface area contributed by atoms with Gasteiger partial charge in [0.1, 0.15) is 0 Å². The van der Waals surface area contributed by atoms with Gasteiger partial charge in [0.25, 0.3) is 5.91 Å². The van der Waals surface area contributed by atoms with Gasteiger partial charge in [-0.1, -0.05) is 6.92 Å². The van der Waals surface area contributed by atoms with E-state index in [1.165, 1.54) is 0 Å². The summed E-state index contributed by atoms with van der Waals surface area (Å²) in [6, 6.07) is 0.331. The molecule has 3 unspecified atom stereocenters. The van der Waals surface area contributed by atoms with E-state index >= 15 is 0 Å². The molecule has 1 aromatic heterocycles. The summed E-state index contributed by atoms with van der Waals surface area (Å²) < 4.78 is 1.75. The average molecular weight is 262 g/mol. The number of hydrogen-bond acceptors (Lipinski definition) is 3. The van der Waals surface area contributed by atoms with E-state index in [2.05, 4.69) is 17.3 Å². The van der Waals surface area contributed by atoms with Gasteiger partial charge in [0.05, 0.1) is 11.3 Å². The van der Waals surface area contributed by atoms with Crippen molar-refractivity contribution in [2.45, 2.75) is 26.3 Å². The number of nitrogens with one attached hydrogen (secondary N) is 1. The number of rotatable bonds is 2. The summed E-state index contributed by atoms with van der Waals surface area (Å²) in [5.41, 5.74) is 1.69. The largest absolute Gasteiger partial charge is 0.335 e. The zero-order valence-electron chi connectivity index (χ0n) is 11.9. The van der Waals surface area contributed by atoms with Crippen molar-refractivity contribution in [2.24, 2.45) is 18.9 Å². The lowest BCUT2D eigenvalue weighted by Gasteiger charge is -2.24. The Labute approximate surface area is 114 Å². The van der Waals surface area contributed by atoms with Gasteiger partial charge < -0.3 is 10.2 Å². The summed E-state index contributed by atoms with van der Waals surface area (Å²) in [7, 11) is 1.88. The zero-order chi connectivity index (χ0) is 13.6. The first-order valence-corrected chi connectivity index (χ1v) is 7.16. The van der Waals surface area contributed by atoms with E-state index in [-0.39, 0.29) is 5.91 Å². The van der Waals surface area contributed by atoms with Crippen LogP contribution in [-0.4, -0.2) is 46.3 Å². The maximum atomic E-state index is 12.7. The molecule has 1 aromatic rings. The molecule has 0 saturated carbocycles. The number of amides is 1. The molecule has 2 aliphatic heterocycles. The molecular weight excluding hydrogens is 240 g/mol. The zero-order valence-corrected chi connectivity index (χ0v) is 11.9. The molecule has 5 nitrogen and oxygen atoms in total. The molecule has 19 heavy (non-hydrogen) atoms. The van der Waals surface area contributed by atoms with Gasteiger partial charge in [-0.05, 0) is 25.2 Å². The summed E-state index contributed by atoms with van der Waals surface area (Å²) in [5.74, 6) is 1.40. The molecular formula is C14H22N4O. The highest BCUT2D eigenvalue weighted by Crippen LogP contribution is 2.33. The summed E-state index contributed by atoms with van der Waals surface area (Å²) in [6.07, 6.45) is 2.67. The van der Waals surface area contributed by atoms with Crippen molar-refractivity contribution in [3.8, 4) is 0 Å². The monoisotopic (exact) mass is 262 g/mol. The van der Waals surface area contributed by atoms with Gasteiger partial charge >= 0.3 is 0 Å². The molecule has 3 atom stereocenters. The number of aryl methyl sites for hydroxylation is 2. The quantitative estimate of drug-likeness (QED) is 0.852. The van der Waals surface area contributed by atoms with Gasteiger partial charge in [0, 0.05) is 38.9 Å². The number of hydrogen-bond donors (Lipinski definition) is 1. The Balaban J connectivity index is 1.84. The highest BCUT2D eigenvalue weighted by atomic mass is 16.2. The van der Waals surface area contributed by atoms with Crippen molar-refractivity contribution in [2.75, 3.05) is 19.6 Å². The molecule has 2 fully saturated rings. The molecule has 2 saturated heterocycles. The van der Waals surface area contributed by atoms with Crippen molar-refractivity contribution >= 4 is 5.91 Å². The SMILES string of the molecule is CCc1nn(C)cc1C(=O)N1CC2CNCC2C1C. The molecule has 1 amide bonds.